The van der Waals surface area contributed by atoms with Gasteiger partial charge in [-0.1, -0.05) is 13.0 Å². The fourth-order valence-electron chi connectivity index (χ4n) is 4.48. The number of rotatable bonds is 7. The summed E-state index contributed by atoms with van der Waals surface area (Å²) in [4.78, 5) is 23.4. The largest absolute Gasteiger partial charge is 0.329 e. The molecule has 4 aromatic heterocycles. The predicted octanol–water partition coefficient (Wildman–Crippen LogP) is 4.35. The maximum Gasteiger partial charge on any atom is 0.228 e. The van der Waals surface area contributed by atoms with Crippen LogP contribution in [0.15, 0.2) is 55.1 Å². The quantitative estimate of drug-likeness (QED) is 0.443. The Morgan fingerprint density at radius 3 is 2.50 bits per heavy atom. The minimum Gasteiger partial charge on any atom is -0.329 e. The lowest BCUT2D eigenvalue weighted by molar-refractivity contribution is 0.132. The number of fused-ring (bicyclic) bond motifs is 1. The fourth-order valence-corrected chi connectivity index (χ4v) is 4.48. The summed E-state index contributed by atoms with van der Waals surface area (Å²) < 4.78 is 2.18. The Morgan fingerprint density at radius 2 is 1.76 bits per heavy atom. The van der Waals surface area contributed by atoms with E-state index in [1.807, 2.05) is 30.6 Å². The van der Waals surface area contributed by atoms with Crippen LogP contribution in [-0.4, -0.2) is 67.0 Å². The highest BCUT2D eigenvalue weighted by atomic mass is 15.3. The molecule has 8 nitrogen and oxygen atoms in total. The molecule has 8 heteroatoms. The molecule has 0 amide bonds. The third-order valence-electron chi connectivity index (χ3n) is 6.46. The van der Waals surface area contributed by atoms with Crippen molar-refractivity contribution in [3.8, 4) is 11.3 Å². The Bertz CT molecular complexity index is 1240. The molecule has 5 heterocycles. The molecule has 0 aromatic carbocycles. The highest BCUT2D eigenvalue weighted by Crippen LogP contribution is 2.30. The van der Waals surface area contributed by atoms with Gasteiger partial charge < -0.3 is 14.8 Å². The number of piperazine rings is 1. The van der Waals surface area contributed by atoms with E-state index in [0.717, 1.165) is 67.4 Å². The number of hydrogen-bond acceptors (Lipinski definition) is 7. The van der Waals surface area contributed by atoms with E-state index in [-0.39, 0.29) is 0 Å². The summed E-state index contributed by atoms with van der Waals surface area (Å²) in [6.45, 7) is 13.1. The normalized spacial score (nSPS) is 15.3. The topological polar surface area (TPSA) is 75.0 Å². The van der Waals surface area contributed by atoms with Gasteiger partial charge in [0.25, 0.3) is 0 Å². The second-order valence-corrected chi connectivity index (χ2v) is 9.07. The molecular weight excluding hydrogens is 424 g/mol. The van der Waals surface area contributed by atoms with Crippen LogP contribution < -0.4 is 5.32 Å². The van der Waals surface area contributed by atoms with Crippen LogP contribution in [0.2, 0.25) is 0 Å². The van der Waals surface area contributed by atoms with E-state index in [1.165, 1.54) is 5.56 Å². The van der Waals surface area contributed by atoms with Gasteiger partial charge in [0.15, 0.2) is 0 Å². The number of aromatic nitrogens is 5. The maximum atomic E-state index is 4.78. The zero-order chi connectivity index (χ0) is 23.5. The Kier molecular flexibility index (Phi) is 6.51. The summed E-state index contributed by atoms with van der Waals surface area (Å²) in [6, 6.07) is 10.4. The van der Waals surface area contributed by atoms with Crippen molar-refractivity contribution in [3.63, 3.8) is 0 Å². The SMILES string of the molecule is CCN1CCN(Cc2ccc(Nc3nccc(-c4cn(C(C)C)c5ncccc45)n3)nc2)CC1. The van der Waals surface area contributed by atoms with E-state index >= 15 is 0 Å². The second kappa shape index (κ2) is 9.87. The van der Waals surface area contributed by atoms with Gasteiger partial charge in [-0.3, -0.25) is 4.90 Å². The summed E-state index contributed by atoms with van der Waals surface area (Å²) in [7, 11) is 0. The number of pyridine rings is 2. The van der Waals surface area contributed by atoms with Crippen molar-refractivity contribution in [2.45, 2.75) is 33.4 Å². The molecule has 0 atom stereocenters. The maximum absolute atomic E-state index is 4.78. The summed E-state index contributed by atoms with van der Waals surface area (Å²) in [5.74, 6) is 1.27. The van der Waals surface area contributed by atoms with Crippen LogP contribution in [0.25, 0.3) is 22.3 Å². The van der Waals surface area contributed by atoms with E-state index in [0.29, 0.717) is 12.0 Å². The highest BCUT2D eigenvalue weighted by Gasteiger charge is 2.16. The molecule has 0 saturated carbocycles. The third-order valence-corrected chi connectivity index (χ3v) is 6.46. The molecule has 1 aliphatic heterocycles. The van der Waals surface area contributed by atoms with Crippen LogP contribution in [0.1, 0.15) is 32.4 Å². The molecule has 1 saturated heterocycles. The van der Waals surface area contributed by atoms with Crippen LogP contribution in [0, 0.1) is 0 Å². The monoisotopic (exact) mass is 456 g/mol. The molecule has 176 valence electrons. The Labute approximate surface area is 200 Å². The molecule has 1 N–H and O–H groups in total. The van der Waals surface area contributed by atoms with E-state index in [4.69, 9.17) is 4.98 Å². The first-order valence-corrected chi connectivity index (χ1v) is 12.1. The molecule has 0 bridgehead atoms. The number of anilines is 2. The molecule has 1 aliphatic rings. The molecule has 0 aliphatic carbocycles. The lowest BCUT2D eigenvalue weighted by atomic mass is 10.1. The van der Waals surface area contributed by atoms with Gasteiger partial charge in [-0.05, 0) is 50.2 Å². The first kappa shape index (κ1) is 22.4. The average Bonchev–Trinajstić information content (AvgIpc) is 3.26. The van der Waals surface area contributed by atoms with Gasteiger partial charge in [-0.15, -0.1) is 0 Å². The molecule has 4 aromatic rings. The number of nitrogens with one attached hydrogen (secondary N) is 1. The summed E-state index contributed by atoms with van der Waals surface area (Å²) in [5, 5.41) is 4.35. The van der Waals surface area contributed by atoms with Gasteiger partial charge in [0.05, 0.1) is 5.69 Å². The van der Waals surface area contributed by atoms with E-state index in [2.05, 4.69) is 73.7 Å². The minimum atomic E-state index is 0.309. The average molecular weight is 457 g/mol. The molecule has 0 radical (unpaired) electrons. The molecule has 0 unspecified atom stereocenters. The first-order valence-electron chi connectivity index (χ1n) is 12.1. The summed E-state index contributed by atoms with van der Waals surface area (Å²) in [5.41, 5.74) is 4.10. The van der Waals surface area contributed by atoms with E-state index in [1.54, 1.807) is 6.20 Å². The van der Waals surface area contributed by atoms with Crippen LogP contribution in [0.5, 0.6) is 0 Å². The van der Waals surface area contributed by atoms with Crippen molar-refractivity contribution in [1.82, 2.24) is 34.3 Å². The third kappa shape index (κ3) is 4.78. The number of hydrogen-bond donors (Lipinski definition) is 1. The smallest absolute Gasteiger partial charge is 0.228 e. The summed E-state index contributed by atoms with van der Waals surface area (Å²) >= 11 is 0. The predicted molar refractivity (Wildman–Crippen MR) is 136 cm³/mol. The minimum absolute atomic E-state index is 0.309. The molecule has 5 rings (SSSR count). The molecule has 0 spiro atoms. The van der Waals surface area contributed by atoms with Crippen LogP contribution in [0.4, 0.5) is 11.8 Å². The van der Waals surface area contributed by atoms with E-state index in [9.17, 15) is 0 Å². The molecule has 34 heavy (non-hydrogen) atoms. The molecular formula is C26H32N8. The molecule has 1 fully saturated rings. The zero-order valence-corrected chi connectivity index (χ0v) is 20.1. The van der Waals surface area contributed by atoms with Crippen LogP contribution in [-0.2, 0) is 6.54 Å². The van der Waals surface area contributed by atoms with Gasteiger partial charge in [0, 0.05) is 74.5 Å². The highest BCUT2D eigenvalue weighted by molar-refractivity contribution is 5.93. The van der Waals surface area contributed by atoms with Crippen molar-refractivity contribution in [1.29, 1.82) is 0 Å². The van der Waals surface area contributed by atoms with Crippen LogP contribution in [0.3, 0.4) is 0 Å². The van der Waals surface area contributed by atoms with Gasteiger partial charge >= 0.3 is 0 Å². The van der Waals surface area contributed by atoms with E-state index < -0.39 is 0 Å². The van der Waals surface area contributed by atoms with Gasteiger partial charge in [0.2, 0.25) is 5.95 Å². The van der Waals surface area contributed by atoms with Crippen molar-refractivity contribution < 1.29 is 0 Å². The van der Waals surface area contributed by atoms with Crippen LogP contribution >= 0.6 is 0 Å². The first-order chi connectivity index (χ1) is 16.6. The number of likely N-dealkylation sites (N-methyl/N-ethyl adjacent to an activating group) is 1. The van der Waals surface area contributed by atoms with Gasteiger partial charge in [-0.2, -0.15) is 0 Å². The fraction of sp³-hybridized carbons (Fsp3) is 0.385. The van der Waals surface area contributed by atoms with Crippen molar-refractivity contribution >= 4 is 22.8 Å². The lowest BCUT2D eigenvalue weighted by Crippen LogP contribution is -2.45. The Hall–Kier alpha value is -3.36. The Balaban J connectivity index is 1.30. The number of nitrogens with zero attached hydrogens (tertiary/aromatic N) is 7. The zero-order valence-electron chi connectivity index (χ0n) is 20.1. The lowest BCUT2D eigenvalue weighted by Gasteiger charge is -2.33. The van der Waals surface area contributed by atoms with Crippen molar-refractivity contribution in [3.05, 3.63) is 60.7 Å². The summed E-state index contributed by atoms with van der Waals surface area (Å²) in [6.07, 6.45) is 7.68. The Morgan fingerprint density at radius 1 is 0.941 bits per heavy atom. The van der Waals surface area contributed by atoms with Crippen molar-refractivity contribution in [2.24, 2.45) is 0 Å². The van der Waals surface area contributed by atoms with Gasteiger partial charge in [0.1, 0.15) is 11.5 Å². The standard InChI is InChI=1S/C26H32N8/c1-4-32-12-14-33(15-13-32)17-20-7-8-24(29-16-20)31-26-28-11-9-23(30-26)22-18-34(19(2)3)25-21(22)6-5-10-27-25/h5-11,16,18-19H,4,12-15,17H2,1-3H3,(H,28,29,30,31). The second-order valence-electron chi connectivity index (χ2n) is 9.07. The van der Waals surface area contributed by atoms with Gasteiger partial charge in [-0.25, -0.2) is 19.9 Å². The van der Waals surface area contributed by atoms with Crippen molar-refractivity contribution in [2.75, 3.05) is 38.0 Å².